The van der Waals surface area contributed by atoms with Gasteiger partial charge in [0.2, 0.25) is 0 Å². The van der Waals surface area contributed by atoms with Crippen molar-refractivity contribution in [1.82, 2.24) is 0 Å². The van der Waals surface area contributed by atoms with E-state index in [1.54, 1.807) is 0 Å². The van der Waals surface area contributed by atoms with Crippen LogP contribution in [0.2, 0.25) is 0 Å². The van der Waals surface area contributed by atoms with Gasteiger partial charge in [0, 0.05) is 5.88 Å². The molecular formula is C5H11ClS. The first kappa shape index (κ1) is 7.64. The zero-order chi connectivity index (χ0) is 5.54. The molecule has 44 valence electrons. The first-order valence-corrected chi connectivity index (χ1v) is 4.24. The van der Waals surface area contributed by atoms with E-state index in [9.17, 15) is 0 Å². The van der Waals surface area contributed by atoms with Gasteiger partial charge in [0.25, 0.3) is 0 Å². The van der Waals surface area contributed by atoms with Crippen molar-refractivity contribution in [2.24, 2.45) is 0 Å². The Morgan fingerprint density at radius 3 is 2.71 bits per heavy atom. The van der Waals surface area contributed by atoms with Crippen LogP contribution in [-0.2, 0) is 0 Å². The van der Waals surface area contributed by atoms with Crippen LogP contribution >= 0.6 is 23.4 Å². The molecule has 0 amide bonds. The normalized spacial score (nSPS) is 9.43. The summed E-state index contributed by atoms with van der Waals surface area (Å²) in [5, 5.41) is 0. The fraction of sp³-hybridized carbons (Fsp3) is 1.00. The highest BCUT2D eigenvalue weighted by Crippen LogP contribution is 2.00. The Labute approximate surface area is 54.6 Å². The molecule has 0 aliphatic rings. The lowest BCUT2D eigenvalue weighted by molar-refractivity contribution is 1.11. The summed E-state index contributed by atoms with van der Waals surface area (Å²) in [5.74, 6) is 3.25. The van der Waals surface area contributed by atoms with E-state index < -0.39 is 0 Å². The van der Waals surface area contributed by atoms with Crippen LogP contribution in [0.3, 0.4) is 0 Å². The molecule has 0 aliphatic carbocycles. The third-order valence-electron chi connectivity index (χ3n) is 0.626. The number of thioether (sulfide) groups is 1. The molecule has 0 aromatic rings. The molecule has 0 saturated heterocycles. The predicted molar refractivity (Wildman–Crippen MR) is 38.3 cm³/mol. The van der Waals surface area contributed by atoms with Crippen molar-refractivity contribution < 1.29 is 0 Å². The van der Waals surface area contributed by atoms with Gasteiger partial charge in [0.15, 0.2) is 0 Å². The number of hydrogen-bond donors (Lipinski definition) is 0. The van der Waals surface area contributed by atoms with Gasteiger partial charge in [-0.3, -0.25) is 0 Å². The number of halogens is 1. The van der Waals surface area contributed by atoms with E-state index in [2.05, 4.69) is 6.92 Å². The summed E-state index contributed by atoms with van der Waals surface area (Å²) in [6.45, 7) is 2.17. The largest absolute Gasteiger partial charge is 0.162 e. The van der Waals surface area contributed by atoms with E-state index in [1.807, 2.05) is 11.8 Å². The molecule has 0 heterocycles. The van der Waals surface area contributed by atoms with Crippen LogP contribution < -0.4 is 0 Å². The fourth-order valence-corrected chi connectivity index (χ4v) is 1.23. The van der Waals surface area contributed by atoms with Crippen LogP contribution in [0.25, 0.3) is 0 Å². The van der Waals surface area contributed by atoms with Crippen molar-refractivity contribution in [3.8, 4) is 0 Å². The molecule has 0 bridgehead atoms. The Morgan fingerprint density at radius 2 is 2.29 bits per heavy atom. The van der Waals surface area contributed by atoms with Crippen LogP contribution in [0.4, 0.5) is 0 Å². The maximum atomic E-state index is 5.42. The van der Waals surface area contributed by atoms with Crippen LogP contribution in [0, 0.1) is 0 Å². The first-order chi connectivity index (χ1) is 3.41. The quantitative estimate of drug-likeness (QED) is 0.425. The fourth-order valence-electron chi connectivity index (χ4n) is 0.301. The van der Waals surface area contributed by atoms with E-state index in [0.717, 1.165) is 12.3 Å². The van der Waals surface area contributed by atoms with Crippen molar-refractivity contribution in [1.29, 1.82) is 0 Å². The monoisotopic (exact) mass is 138 g/mol. The summed E-state index contributed by atoms with van der Waals surface area (Å²) in [5.41, 5.74) is 0. The van der Waals surface area contributed by atoms with Gasteiger partial charge in [-0.15, -0.1) is 11.6 Å². The van der Waals surface area contributed by atoms with Crippen LogP contribution in [-0.4, -0.2) is 17.4 Å². The van der Waals surface area contributed by atoms with E-state index in [0.29, 0.717) is 0 Å². The lowest BCUT2D eigenvalue weighted by Gasteiger charge is -1.90. The molecule has 0 atom stereocenters. The Bertz CT molecular complexity index is 27.3. The minimum Gasteiger partial charge on any atom is -0.162 e. The molecular weight excluding hydrogens is 128 g/mol. The standard InChI is InChI=1S/C5H11ClS/c1-2-7-5-3-4-6/h2-5H2,1H3. The van der Waals surface area contributed by atoms with Crippen molar-refractivity contribution in [2.75, 3.05) is 17.4 Å². The predicted octanol–water partition coefficient (Wildman–Crippen LogP) is 2.37. The Balaban J connectivity index is 2.45. The van der Waals surface area contributed by atoms with Gasteiger partial charge < -0.3 is 0 Å². The zero-order valence-electron chi connectivity index (χ0n) is 4.61. The number of alkyl halides is 1. The molecule has 0 rings (SSSR count). The van der Waals surface area contributed by atoms with Crippen LogP contribution in [0.15, 0.2) is 0 Å². The Morgan fingerprint density at radius 1 is 1.57 bits per heavy atom. The van der Waals surface area contributed by atoms with Crippen molar-refractivity contribution in [3.63, 3.8) is 0 Å². The van der Waals surface area contributed by atoms with Crippen molar-refractivity contribution in [3.05, 3.63) is 0 Å². The molecule has 7 heavy (non-hydrogen) atoms. The molecule has 0 radical (unpaired) electrons. The molecule has 0 spiro atoms. The van der Waals surface area contributed by atoms with Gasteiger partial charge in [-0.2, -0.15) is 11.8 Å². The summed E-state index contributed by atoms with van der Waals surface area (Å²) in [4.78, 5) is 0. The molecule has 2 heteroatoms. The lowest BCUT2D eigenvalue weighted by atomic mass is 10.6. The summed E-state index contributed by atoms with van der Waals surface area (Å²) < 4.78 is 0. The van der Waals surface area contributed by atoms with Gasteiger partial charge in [-0.25, -0.2) is 0 Å². The second-order valence-electron chi connectivity index (χ2n) is 1.24. The third kappa shape index (κ3) is 6.64. The second-order valence-corrected chi connectivity index (χ2v) is 3.01. The molecule has 0 saturated carbocycles. The molecule has 0 aliphatic heterocycles. The van der Waals surface area contributed by atoms with E-state index in [4.69, 9.17) is 11.6 Å². The van der Waals surface area contributed by atoms with E-state index in [1.165, 1.54) is 11.5 Å². The lowest BCUT2D eigenvalue weighted by Crippen LogP contribution is -1.79. The van der Waals surface area contributed by atoms with Crippen LogP contribution in [0.1, 0.15) is 13.3 Å². The average molecular weight is 139 g/mol. The summed E-state index contributed by atoms with van der Waals surface area (Å²) in [7, 11) is 0. The summed E-state index contributed by atoms with van der Waals surface area (Å²) >= 11 is 7.37. The van der Waals surface area contributed by atoms with E-state index in [-0.39, 0.29) is 0 Å². The minimum atomic E-state index is 0.813. The number of rotatable bonds is 4. The molecule has 0 fully saturated rings. The second kappa shape index (κ2) is 6.64. The molecule has 0 unspecified atom stereocenters. The van der Waals surface area contributed by atoms with Crippen molar-refractivity contribution >= 4 is 23.4 Å². The van der Waals surface area contributed by atoms with Gasteiger partial charge in [0.05, 0.1) is 0 Å². The molecule has 0 N–H and O–H groups in total. The first-order valence-electron chi connectivity index (χ1n) is 2.55. The third-order valence-corrected chi connectivity index (χ3v) is 1.88. The highest BCUT2D eigenvalue weighted by atomic mass is 35.5. The topological polar surface area (TPSA) is 0 Å². The highest BCUT2D eigenvalue weighted by molar-refractivity contribution is 7.99. The summed E-state index contributed by atoms with van der Waals surface area (Å²) in [6.07, 6.45) is 1.15. The van der Waals surface area contributed by atoms with Gasteiger partial charge >= 0.3 is 0 Å². The smallest absolute Gasteiger partial charge is 0.0231 e. The Hall–Kier alpha value is 0.640. The average Bonchev–Trinajstić information content (AvgIpc) is 1.69. The SMILES string of the molecule is CCSCCCCl. The molecule has 0 nitrogen and oxygen atoms in total. The van der Waals surface area contributed by atoms with Gasteiger partial charge in [-0.05, 0) is 17.9 Å². The molecule has 0 aromatic heterocycles. The zero-order valence-corrected chi connectivity index (χ0v) is 6.19. The van der Waals surface area contributed by atoms with Crippen LogP contribution in [0.5, 0.6) is 0 Å². The van der Waals surface area contributed by atoms with Crippen molar-refractivity contribution in [2.45, 2.75) is 13.3 Å². The maximum Gasteiger partial charge on any atom is 0.0231 e. The molecule has 0 aromatic carbocycles. The minimum absolute atomic E-state index is 0.813. The highest BCUT2D eigenvalue weighted by Gasteiger charge is 1.81. The maximum absolute atomic E-state index is 5.42. The van der Waals surface area contributed by atoms with Gasteiger partial charge in [0.1, 0.15) is 0 Å². The Kier molecular flexibility index (Phi) is 7.25. The van der Waals surface area contributed by atoms with Gasteiger partial charge in [-0.1, -0.05) is 6.92 Å². The van der Waals surface area contributed by atoms with E-state index >= 15 is 0 Å². The summed E-state index contributed by atoms with van der Waals surface area (Å²) in [6, 6.07) is 0. The number of hydrogen-bond acceptors (Lipinski definition) is 1.